The van der Waals surface area contributed by atoms with Crippen molar-refractivity contribution >= 4 is 23.2 Å². The minimum atomic E-state index is -1.06. The summed E-state index contributed by atoms with van der Waals surface area (Å²) in [6, 6.07) is 1.70. The fourth-order valence-electron chi connectivity index (χ4n) is 1.36. The van der Waals surface area contributed by atoms with Gasteiger partial charge in [0.05, 0.1) is 5.69 Å². The summed E-state index contributed by atoms with van der Waals surface area (Å²) >= 11 is 1.21. The van der Waals surface area contributed by atoms with Crippen LogP contribution in [0.4, 0.5) is 0 Å². The molecule has 0 radical (unpaired) electrons. The van der Waals surface area contributed by atoms with Crippen molar-refractivity contribution in [3.63, 3.8) is 0 Å². The molecule has 9 heteroatoms. The van der Waals surface area contributed by atoms with Gasteiger partial charge in [-0.2, -0.15) is 4.68 Å². The van der Waals surface area contributed by atoms with Crippen molar-refractivity contribution in [1.29, 1.82) is 0 Å². The van der Waals surface area contributed by atoms with E-state index in [1.54, 1.807) is 11.4 Å². The molecular formula is C9H9N5O3S. The predicted octanol–water partition coefficient (Wildman–Crippen LogP) is -0.120. The molecule has 0 unspecified atom stereocenters. The first-order valence-corrected chi connectivity index (χ1v) is 5.75. The molecule has 0 bridgehead atoms. The molecule has 18 heavy (non-hydrogen) atoms. The zero-order chi connectivity index (χ0) is 13.1. The van der Waals surface area contributed by atoms with Crippen LogP contribution in [-0.2, 0) is 4.79 Å². The van der Waals surface area contributed by atoms with Crippen LogP contribution in [0.2, 0.25) is 0 Å². The van der Waals surface area contributed by atoms with Crippen molar-refractivity contribution in [2.75, 3.05) is 13.6 Å². The molecule has 1 N–H and O–H groups in total. The number of hydrogen-bond acceptors (Lipinski definition) is 6. The lowest BCUT2D eigenvalue weighted by molar-refractivity contribution is -0.137. The molecule has 0 saturated carbocycles. The summed E-state index contributed by atoms with van der Waals surface area (Å²) in [7, 11) is 1.43. The van der Waals surface area contributed by atoms with Gasteiger partial charge in [0.1, 0.15) is 17.7 Å². The van der Waals surface area contributed by atoms with Crippen LogP contribution >= 0.6 is 11.3 Å². The van der Waals surface area contributed by atoms with Gasteiger partial charge in [-0.1, -0.05) is 0 Å². The van der Waals surface area contributed by atoms with Crippen molar-refractivity contribution in [3.8, 4) is 5.69 Å². The molecule has 0 atom stereocenters. The molecule has 0 aliphatic carbocycles. The van der Waals surface area contributed by atoms with E-state index < -0.39 is 5.97 Å². The van der Waals surface area contributed by atoms with Gasteiger partial charge in [0.15, 0.2) is 0 Å². The van der Waals surface area contributed by atoms with Gasteiger partial charge in [-0.3, -0.25) is 9.59 Å². The van der Waals surface area contributed by atoms with Crippen LogP contribution in [0, 0.1) is 0 Å². The number of carbonyl (C=O) groups excluding carboxylic acids is 1. The number of nitrogens with zero attached hydrogens (tertiary/aromatic N) is 5. The molecular weight excluding hydrogens is 258 g/mol. The first-order chi connectivity index (χ1) is 8.59. The monoisotopic (exact) mass is 267 g/mol. The Labute approximate surface area is 105 Å². The molecule has 2 aromatic heterocycles. The van der Waals surface area contributed by atoms with E-state index in [2.05, 4.69) is 15.5 Å². The maximum Gasteiger partial charge on any atom is 0.323 e. The first-order valence-electron chi connectivity index (χ1n) is 4.87. The molecule has 0 spiro atoms. The van der Waals surface area contributed by atoms with E-state index in [1.165, 1.54) is 29.4 Å². The summed E-state index contributed by atoms with van der Waals surface area (Å²) in [4.78, 5) is 24.1. The number of likely N-dealkylation sites (N-methyl/N-ethyl adjacent to an activating group) is 1. The predicted molar refractivity (Wildman–Crippen MR) is 61.6 cm³/mol. The average molecular weight is 267 g/mol. The first kappa shape index (κ1) is 12.2. The van der Waals surface area contributed by atoms with Gasteiger partial charge in [-0.25, -0.2) is 0 Å². The molecule has 2 rings (SSSR count). The van der Waals surface area contributed by atoms with E-state index in [1.807, 2.05) is 0 Å². The maximum atomic E-state index is 12.0. The van der Waals surface area contributed by atoms with Gasteiger partial charge in [0, 0.05) is 7.05 Å². The molecule has 8 nitrogen and oxygen atoms in total. The van der Waals surface area contributed by atoms with Crippen LogP contribution in [0.1, 0.15) is 9.67 Å². The third-order valence-electron chi connectivity index (χ3n) is 2.15. The number of aliphatic carboxylic acids is 1. The normalized spacial score (nSPS) is 10.3. The van der Waals surface area contributed by atoms with E-state index >= 15 is 0 Å². The highest BCUT2D eigenvalue weighted by molar-refractivity contribution is 7.12. The second kappa shape index (κ2) is 4.92. The number of carboxylic acids is 1. The molecule has 0 aromatic carbocycles. The summed E-state index contributed by atoms with van der Waals surface area (Å²) in [6.07, 6.45) is 1.37. The Morgan fingerprint density at radius 1 is 1.56 bits per heavy atom. The highest BCUT2D eigenvalue weighted by atomic mass is 32.1. The summed E-state index contributed by atoms with van der Waals surface area (Å²) < 4.78 is 1.36. The van der Waals surface area contributed by atoms with Gasteiger partial charge >= 0.3 is 5.97 Å². The van der Waals surface area contributed by atoms with E-state index in [-0.39, 0.29) is 12.5 Å². The number of rotatable bonds is 4. The summed E-state index contributed by atoms with van der Waals surface area (Å²) in [5.74, 6) is -1.44. The van der Waals surface area contributed by atoms with Gasteiger partial charge in [-0.05, 0) is 21.9 Å². The zero-order valence-electron chi connectivity index (χ0n) is 9.35. The lowest BCUT2D eigenvalue weighted by Gasteiger charge is -2.14. The van der Waals surface area contributed by atoms with Crippen LogP contribution in [0.25, 0.3) is 5.69 Å². The fraction of sp³-hybridized carbons (Fsp3) is 0.222. The second-order valence-electron chi connectivity index (χ2n) is 3.44. The van der Waals surface area contributed by atoms with Crippen molar-refractivity contribution < 1.29 is 14.7 Å². The van der Waals surface area contributed by atoms with Crippen LogP contribution < -0.4 is 0 Å². The fourth-order valence-corrected chi connectivity index (χ4v) is 2.23. The van der Waals surface area contributed by atoms with Gasteiger partial charge in [-0.15, -0.1) is 16.4 Å². The largest absolute Gasteiger partial charge is 0.480 e. The van der Waals surface area contributed by atoms with Gasteiger partial charge in [0.25, 0.3) is 5.91 Å². The number of amides is 1. The van der Waals surface area contributed by atoms with Crippen LogP contribution in [0.3, 0.4) is 0 Å². The third-order valence-corrected chi connectivity index (χ3v) is 3.05. The SMILES string of the molecule is CN(CC(=O)O)C(=O)c1sccc1-n1cnnn1. The molecule has 1 amide bonds. The Kier molecular flexibility index (Phi) is 3.33. The van der Waals surface area contributed by atoms with Crippen molar-refractivity contribution in [2.45, 2.75) is 0 Å². The van der Waals surface area contributed by atoms with Gasteiger partial charge in [0.2, 0.25) is 0 Å². The smallest absolute Gasteiger partial charge is 0.323 e. The Balaban J connectivity index is 2.27. The quantitative estimate of drug-likeness (QED) is 0.828. The van der Waals surface area contributed by atoms with E-state index in [0.29, 0.717) is 10.6 Å². The lowest BCUT2D eigenvalue weighted by atomic mass is 10.3. The number of carboxylic acid groups (broad SMARTS) is 1. The Hall–Kier alpha value is -2.29. The Morgan fingerprint density at radius 2 is 2.33 bits per heavy atom. The molecule has 0 fully saturated rings. The number of tetrazole rings is 1. The van der Waals surface area contributed by atoms with Crippen LogP contribution in [0.15, 0.2) is 17.8 Å². The van der Waals surface area contributed by atoms with Crippen LogP contribution in [0.5, 0.6) is 0 Å². The number of carbonyl (C=O) groups is 2. The lowest BCUT2D eigenvalue weighted by Crippen LogP contribution is -2.32. The number of thiophene rings is 1. The topological polar surface area (TPSA) is 101 Å². The molecule has 94 valence electrons. The van der Waals surface area contributed by atoms with Gasteiger partial charge < -0.3 is 10.0 Å². The number of hydrogen-bond donors (Lipinski definition) is 1. The molecule has 2 heterocycles. The van der Waals surface area contributed by atoms with Crippen molar-refractivity contribution in [3.05, 3.63) is 22.7 Å². The van der Waals surface area contributed by atoms with E-state index in [4.69, 9.17) is 5.11 Å². The standard InChI is InChI=1S/C9H9N5O3S/c1-13(4-7(15)16)9(17)8-6(2-3-18-8)14-5-10-11-12-14/h2-3,5H,4H2,1H3,(H,15,16). The molecule has 0 aliphatic heterocycles. The van der Waals surface area contributed by atoms with E-state index in [0.717, 1.165) is 4.90 Å². The third kappa shape index (κ3) is 2.35. The van der Waals surface area contributed by atoms with Crippen molar-refractivity contribution in [2.24, 2.45) is 0 Å². The Bertz CT molecular complexity index is 565. The summed E-state index contributed by atoms with van der Waals surface area (Å²) in [5, 5.41) is 21.1. The molecule has 0 saturated heterocycles. The maximum absolute atomic E-state index is 12.0. The number of aromatic nitrogens is 4. The highest BCUT2D eigenvalue weighted by Crippen LogP contribution is 2.21. The zero-order valence-corrected chi connectivity index (χ0v) is 10.2. The molecule has 0 aliphatic rings. The highest BCUT2D eigenvalue weighted by Gasteiger charge is 2.20. The van der Waals surface area contributed by atoms with Crippen LogP contribution in [-0.4, -0.2) is 55.7 Å². The minimum Gasteiger partial charge on any atom is -0.480 e. The average Bonchev–Trinajstić information content (AvgIpc) is 2.97. The Morgan fingerprint density at radius 3 is 2.94 bits per heavy atom. The van der Waals surface area contributed by atoms with Crippen molar-refractivity contribution in [1.82, 2.24) is 25.1 Å². The molecule has 2 aromatic rings. The minimum absolute atomic E-state index is 0.355. The summed E-state index contributed by atoms with van der Waals surface area (Å²) in [6.45, 7) is -0.355. The summed E-state index contributed by atoms with van der Waals surface area (Å²) in [5.41, 5.74) is 0.534. The van der Waals surface area contributed by atoms with E-state index in [9.17, 15) is 9.59 Å². The second-order valence-corrected chi connectivity index (χ2v) is 4.36.